The first-order chi connectivity index (χ1) is 18.7. The summed E-state index contributed by atoms with van der Waals surface area (Å²) in [5.41, 5.74) is 8.25. The number of amides is 1. The molecule has 0 saturated heterocycles. The summed E-state index contributed by atoms with van der Waals surface area (Å²) in [6.45, 7) is 3.93. The van der Waals surface area contributed by atoms with Crippen molar-refractivity contribution in [3.63, 3.8) is 0 Å². The maximum absolute atomic E-state index is 14.2. The summed E-state index contributed by atoms with van der Waals surface area (Å²) in [6.07, 6.45) is 0.198. The lowest BCUT2D eigenvalue weighted by Gasteiger charge is -2.51. The number of aliphatic hydroxyl groups is 3. The number of likely N-dealkylation sites (N-methyl/N-ethyl adjacent to an activating group) is 1. The molecule has 4 atom stereocenters. The Hall–Kier alpha value is -3.82. The molecular weight excluding hydrogens is 510 g/mol. The summed E-state index contributed by atoms with van der Waals surface area (Å²) in [7, 11) is 7.17. The van der Waals surface area contributed by atoms with E-state index in [-0.39, 0.29) is 34.6 Å². The maximum Gasteiger partial charge on any atom is 0.248 e. The molecule has 5 rings (SSSR count). The molecule has 3 aliphatic carbocycles. The van der Waals surface area contributed by atoms with Gasteiger partial charge in [-0.15, -0.1) is 0 Å². The Morgan fingerprint density at radius 2 is 1.65 bits per heavy atom. The fourth-order valence-corrected chi connectivity index (χ4v) is 7.13. The monoisotopic (exact) mass is 547 g/mol. The zero-order chi connectivity index (χ0) is 29.4. The van der Waals surface area contributed by atoms with Crippen LogP contribution in [0, 0.1) is 25.7 Å². The highest BCUT2D eigenvalue weighted by molar-refractivity contribution is 6.15. The Labute approximate surface area is 233 Å². The third-order valence-electron chi connectivity index (χ3n) is 8.82. The average Bonchev–Trinajstić information content (AvgIpc) is 2.84. The van der Waals surface area contributed by atoms with Crippen molar-refractivity contribution in [1.82, 2.24) is 4.90 Å². The zero-order valence-corrected chi connectivity index (χ0v) is 23.7. The van der Waals surface area contributed by atoms with Gasteiger partial charge in [0.25, 0.3) is 0 Å². The van der Waals surface area contributed by atoms with Crippen molar-refractivity contribution in [3.05, 3.63) is 69.2 Å². The SMILES string of the molecule is Cc1cc(C)cc(-c2cc(N(C)C)c3c(c2O)C(=O)C2=C(O)C4(O)CC(C(N)=O)=C(O)C(N(C)C)C4CC2C3)c1. The second-order valence-corrected chi connectivity index (χ2v) is 12.0. The molecular formula is C31H37N3O6. The molecule has 2 aromatic rings. The standard InChI is InChI=1S/C31H37N3O6/c1-14-7-15(2)9-16(8-14)18-12-22(33(3)4)19-10-17-11-21-25(34(5)6)27(36)20(30(32)39)13-31(21,40)29(38)23(17)28(37)24(19)26(18)35/h7-9,12,17,21,25,35-36,38,40H,10-11,13H2,1-6H3,(H2,32,39). The second kappa shape index (κ2) is 9.38. The number of aryl methyl sites for hydroxylation is 2. The van der Waals surface area contributed by atoms with E-state index in [4.69, 9.17) is 5.73 Å². The lowest BCUT2D eigenvalue weighted by atomic mass is 9.59. The number of nitrogens with zero attached hydrogens (tertiary/aromatic N) is 2. The van der Waals surface area contributed by atoms with E-state index in [1.165, 1.54) is 0 Å². The van der Waals surface area contributed by atoms with Crippen molar-refractivity contribution in [2.24, 2.45) is 17.6 Å². The molecule has 3 aliphatic rings. The summed E-state index contributed by atoms with van der Waals surface area (Å²) in [6, 6.07) is 7.02. The molecule has 212 valence electrons. The fourth-order valence-electron chi connectivity index (χ4n) is 7.13. The molecule has 9 heteroatoms. The van der Waals surface area contributed by atoms with Gasteiger partial charge in [0, 0.05) is 43.3 Å². The summed E-state index contributed by atoms with van der Waals surface area (Å²) in [5.74, 6) is -3.55. The minimum absolute atomic E-state index is 0.0338. The van der Waals surface area contributed by atoms with Crippen LogP contribution in [0.5, 0.6) is 5.75 Å². The van der Waals surface area contributed by atoms with E-state index in [2.05, 4.69) is 0 Å². The number of anilines is 1. The van der Waals surface area contributed by atoms with Crippen LogP contribution in [-0.4, -0.2) is 76.9 Å². The number of aromatic hydroxyl groups is 1. The Morgan fingerprint density at radius 3 is 2.20 bits per heavy atom. The van der Waals surface area contributed by atoms with Crippen molar-refractivity contribution in [3.8, 4) is 16.9 Å². The highest BCUT2D eigenvalue weighted by atomic mass is 16.3. The highest BCUT2D eigenvalue weighted by Gasteiger charge is 2.58. The lowest BCUT2D eigenvalue weighted by Crippen LogP contribution is -2.59. The molecule has 0 fully saturated rings. The first kappa shape index (κ1) is 27.7. The Balaban J connectivity index is 1.73. The number of fused-ring (bicyclic) bond motifs is 3. The molecule has 2 aromatic carbocycles. The van der Waals surface area contributed by atoms with Gasteiger partial charge in [0.2, 0.25) is 5.91 Å². The number of benzene rings is 2. The summed E-state index contributed by atoms with van der Waals surface area (Å²) >= 11 is 0. The van der Waals surface area contributed by atoms with Crippen LogP contribution >= 0.6 is 0 Å². The van der Waals surface area contributed by atoms with Crippen LogP contribution < -0.4 is 10.6 Å². The molecule has 40 heavy (non-hydrogen) atoms. The number of phenols is 1. The van der Waals surface area contributed by atoms with Gasteiger partial charge in [-0.25, -0.2) is 0 Å². The number of phenolic OH excluding ortho intramolecular Hbond substituents is 1. The van der Waals surface area contributed by atoms with Crippen molar-refractivity contribution in [1.29, 1.82) is 0 Å². The van der Waals surface area contributed by atoms with Crippen molar-refractivity contribution in [2.75, 3.05) is 33.1 Å². The van der Waals surface area contributed by atoms with E-state index in [9.17, 15) is 30.0 Å². The molecule has 0 aliphatic heterocycles. The van der Waals surface area contributed by atoms with E-state index in [1.807, 2.05) is 57.1 Å². The van der Waals surface area contributed by atoms with Crippen LogP contribution in [0.15, 0.2) is 46.9 Å². The van der Waals surface area contributed by atoms with Gasteiger partial charge in [0.15, 0.2) is 5.78 Å². The van der Waals surface area contributed by atoms with Crippen molar-refractivity contribution < 1.29 is 30.0 Å². The number of aliphatic hydroxyl groups excluding tert-OH is 2. The number of ketones is 1. The first-order valence-electron chi connectivity index (χ1n) is 13.4. The molecule has 0 spiro atoms. The normalized spacial score (nSPS) is 26.0. The second-order valence-electron chi connectivity index (χ2n) is 12.0. The van der Waals surface area contributed by atoms with Crippen LogP contribution in [-0.2, 0) is 11.2 Å². The summed E-state index contributed by atoms with van der Waals surface area (Å²) < 4.78 is 0. The van der Waals surface area contributed by atoms with Crippen LogP contribution in [0.4, 0.5) is 5.69 Å². The molecule has 0 aromatic heterocycles. The van der Waals surface area contributed by atoms with Crippen LogP contribution in [0.1, 0.15) is 39.9 Å². The average molecular weight is 548 g/mol. The number of rotatable bonds is 4. The molecule has 0 bridgehead atoms. The topological polar surface area (TPSA) is 148 Å². The quantitative estimate of drug-likeness (QED) is 0.392. The number of Topliss-reactive ketones (excluding diaryl/α,β-unsaturated/α-hetero) is 1. The number of carbonyl (C=O) groups is 2. The smallest absolute Gasteiger partial charge is 0.248 e. The minimum Gasteiger partial charge on any atom is -0.510 e. The third-order valence-corrected chi connectivity index (χ3v) is 8.82. The van der Waals surface area contributed by atoms with Gasteiger partial charge in [-0.1, -0.05) is 29.3 Å². The number of allylic oxidation sites excluding steroid dienone is 1. The van der Waals surface area contributed by atoms with E-state index in [1.54, 1.807) is 19.0 Å². The third kappa shape index (κ3) is 3.98. The molecule has 0 heterocycles. The maximum atomic E-state index is 14.2. The van der Waals surface area contributed by atoms with E-state index in [0.717, 1.165) is 22.4 Å². The number of hydrogen-bond donors (Lipinski definition) is 5. The predicted molar refractivity (Wildman–Crippen MR) is 153 cm³/mol. The minimum atomic E-state index is -1.99. The molecule has 1 amide bonds. The van der Waals surface area contributed by atoms with E-state index < -0.39 is 47.3 Å². The van der Waals surface area contributed by atoms with E-state index >= 15 is 0 Å². The molecule has 6 N–H and O–H groups in total. The Bertz CT molecular complexity index is 1500. The Morgan fingerprint density at radius 1 is 1.02 bits per heavy atom. The van der Waals surface area contributed by atoms with Crippen molar-refractivity contribution in [2.45, 2.75) is 44.8 Å². The number of primary amides is 1. The van der Waals surface area contributed by atoms with Gasteiger partial charge in [0.1, 0.15) is 22.9 Å². The molecule has 0 radical (unpaired) electrons. The summed E-state index contributed by atoms with van der Waals surface area (Å²) in [5, 5.41) is 46.1. The van der Waals surface area contributed by atoms with Gasteiger partial charge in [0.05, 0.1) is 17.2 Å². The van der Waals surface area contributed by atoms with Crippen LogP contribution in [0.25, 0.3) is 11.1 Å². The lowest BCUT2D eigenvalue weighted by molar-refractivity contribution is -0.118. The van der Waals surface area contributed by atoms with Gasteiger partial charge < -0.3 is 31.1 Å². The van der Waals surface area contributed by atoms with Crippen LogP contribution in [0.2, 0.25) is 0 Å². The van der Waals surface area contributed by atoms with Crippen LogP contribution in [0.3, 0.4) is 0 Å². The number of hydrogen-bond acceptors (Lipinski definition) is 8. The van der Waals surface area contributed by atoms with Crippen molar-refractivity contribution >= 4 is 17.4 Å². The number of carbonyl (C=O) groups excluding carboxylic acids is 2. The largest absolute Gasteiger partial charge is 0.510 e. The van der Waals surface area contributed by atoms with Gasteiger partial charge in [-0.3, -0.25) is 14.5 Å². The molecule has 9 nitrogen and oxygen atoms in total. The first-order valence-corrected chi connectivity index (χ1v) is 13.4. The summed E-state index contributed by atoms with van der Waals surface area (Å²) in [4.78, 5) is 30.0. The fraction of sp³-hybridized carbons (Fsp3) is 0.419. The highest BCUT2D eigenvalue weighted by Crippen LogP contribution is 2.55. The zero-order valence-electron chi connectivity index (χ0n) is 23.7. The van der Waals surface area contributed by atoms with Gasteiger partial charge >= 0.3 is 0 Å². The Kier molecular flexibility index (Phi) is 6.51. The van der Waals surface area contributed by atoms with Gasteiger partial charge in [-0.2, -0.15) is 0 Å². The van der Waals surface area contributed by atoms with E-state index in [0.29, 0.717) is 17.5 Å². The molecule has 4 unspecified atom stereocenters. The van der Waals surface area contributed by atoms with Gasteiger partial charge in [-0.05, 0) is 63.9 Å². The molecule has 0 saturated carbocycles. The number of nitrogens with two attached hydrogens (primary N) is 1. The predicted octanol–water partition coefficient (Wildman–Crippen LogP) is 3.29.